The first-order chi connectivity index (χ1) is 5.38. The molecule has 1 aromatic rings. The number of carbonyl (C=O) groups excluding carboxylic acids is 1. The lowest BCUT2D eigenvalue weighted by Crippen LogP contribution is -1.76. The Hall–Kier alpha value is -0.670. The van der Waals surface area contributed by atoms with Crippen LogP contribution in [0.1, 0.15) is 5.56 Å². The summed E-state index contributed by atoms with van der Waals surface area (Å²) in [5.41, 5.74) is 1.79. The van der Waals surface area contributed by atoms with Gasteiger partial charge in [0.05, 0.1) is 5.69 Å². The molecule has 1 aromatic carbocycles. The Kier molecular flexibility index (Phi) is 3.26. The molecule has 0 heterocycles. The zero-order chi connectivity index (χ0) is 8.10. The Morgan fingerprint density at radius 1 is 1.45 bits per heavy atom. The molecule has 0 aromatic heterocycles. The van der Waals surface area contributed by atoms with Gasteiger partial charge in [-0.05, 0) is 11.6 Å². The molecule has 0 fully saturated rings. The lowest BCUT2D eigenvalue weighted by molar-refractivity contribution is 0.565. The molecule has 0 aliphatic rings. The largest absolute Gasteiger partial charge is 0.240 e. The van der Waals surface area contributed by atoms with Gasteiger partial charge in [-0.15, -0.1) is 0 Å². The summed E-state index contributed by atoms with van der Waals surface area (Å²) in [7, 11) is 0. The summed E-state index contributed by atoms with van der Waals surface area (Å²) in [6.45, 7) is 0. The van der Waals surface area contributed by atoms with E-state index in [0.717, 1.165) is 15.7 Å². The molecule has 0 unspecified atom stereocenters. The molecule has 0 saturated heterocycles. The quantitative estimate of drug-likeness (QED) is 0.347. The maximum atomic E-state index is 9.95. The van der Waals surface area contributed by atoms with Crippen LogP contribution in [0.4, 0.5) is 5.69 Å². The van der Waals surface area contributed by atoms with Crippen molar-refractivity contribution in [3.8, 4) is 0 Å². The monoisotopic (exact) mass is 259 g/mol. The number of hydrogen-bond acceptors (Lipinski definition) is 2. The summed E-state index contributed by atoms with van der Waals surface area (Å²) in [5.74, 6) is 0. The van der Waals surface area contributed by atoms with Crippen molar-refractivity contribution < 1.29 is 4.79 Å². The van der Waals surface area contributed by atoms with Crippen LogP contribution in [0.5, 0.6) is 0 Å². The predicted octanol–water partition coefficient (Wildman–Crippen LogP) is 2.59. The van der Waals surface area contributed by atoms with Crippen molar-refractivity contribution in [3.05, 3.63) is 29.8 Å². The van der Waals surface area contributed by atoms with E-state index in [9.17, 15) is 4.79 Å². The average Bonchev–Trinajstić information content (AvgIpc) is 2.06. The molecule has 56 valence electrons. The van der Waals surface area contributed by atoms with Gasteiger partial charge in [-0.1, -0.05) is 40.8 Å². The number of nitrogens with zero attached hydrogens (tertiary/aromatic N) is 1. The zero-order valence-corrected chi connectivity index (χ0v) is 7.91. The summed E-state index contributed by atoms with van der Waals surface area (Å²) < 4.78 is 0.860. The molecule has 0 bridgehead atoms. The highest BCUT2D eigenvalue weighted by atomic mass is 127. The number of benzene rings is 1. The first-order valence-electron chi connectivity index (χ1n) is 3.10. The highest BCUT2D eigenvalue weighted by Gasteiger charge is 1.95. The van der Waals surface area contributed by atoms with Crippen molar-refractivity contribution in [1.29, 1.82) is 0 Å². The fourth-order valence-electron chi connectivity index (χ4n) is 0.782. The third kappa shape index (κ3) is 2.13. The van der Waals surface area contributed by atoms with Crippen LogP contribution in [0, 0.1) is 0 Å². The standard InChI is InChI=1S/C8H6INO/c9-5-7-3-1-2-4-8(7)10-6-11/h1-4H,5H2. The van der Waals surface area contributed by atoms with Crippen molar-refractivity contribution in [3.63, 3.8) is 0 Å². The number of halogens is 1. The van der Waals surface area contributed by atoms with Crippen LogP contribution in [0.3, 0.4) is 0 Å². The van der Waals surface area contributed by atoms with E-state index in [1.165, 1.54) is 6.08 Å². The second-order valence-electron chi connectivity index (χ2n) is 1.97. The van der Waals surface area contributed by atoms with Crippen LogP contribution in [0.15, 0.2) is 29.3 Å². The molecule has 3 heteroatoms. The van der Waals surface area contributed by atoms with Crippen LogP contribution in [-0.2, 0) is 9.22 Å². The Labute approximate surface area is 78.5 Å². The maximum absolute atomic E-state index is 9.95. The maximum Gasteiger partial charge on any atom is 0.240 e. The number of para-hydroxylation sites is 1. The molecule has 11 heavy (non-hydrogen) atoms. The Morgan fingerprint density at radius 2 is 2.18 bits per heavy atom. The zero-order valence-electron chi connectivity index (χ0n) is 5.75. The van der Waals surface area contributed by atoms with Gasteiger partial charge in [-0.25, -0.2) is 4.79 Å². The lowest BCUT2D eigenvalue weighted by Gasteiger charge is -1.96. The van der Waals surface area contributed by atoms with E-state index in [4.69, 9.17) is 0 Å². The molecule has 0 saturated carbocycles. The summed E-state index contributed by atoms with van der Waals surface area (Å²) >= 11 is 2.23. The van der Waals surface area contributed by atoms with Crippen LogP contribution in [0.2, 0.25) is 0 Å². The number of rotatable bonds is 2. The average molecular weight is 259 g/mol. The van der Waals surface area contributed by atoms with Gasteiger partial charge < -0.3 is 0 Å². The van der Waals surface area contributed by atoms with E-state index in [-0.39, 0.29) is 0 Å². The fourth-order valence-corrected chi connectivity index (χ4v) is 1.43. The molecule has 0 N–H and O–H groups in total. The van der Waals surface area contributed by atoms with Gasteiger partial charge in [0, 0.05) is 4.43 Å². The van der Waals surface area contributed by atoms with E-state index >= 15 is 0 Å². The third-order valence-corrected chi connectivity index (χ3v) is 2.12. The van der Waals surface area contributed by atoms with E-state index in [1.54, 1.807) is 6.07 Å². The molecule has 1 rings (SSSR count). The lowest BCUT2D eigenvalue weighted by atomic mass is 10.2. The van der Waals surface area contributed by atoms with E-state index in [0.29, 0.717) is 0 Å². The molecule has 0 aliphatic heterocycles. The smallest absolute Gasteiger partial charge is 0.211 e. The van der Waals surface area contributed by atoms with Gasteiger partial charge in [-0.3, -0.25) is 0 Å². The molecule has 0 atom stereocenters. The van der Waals surface area contributed by atoms with Gasteiger partial charge in [-0.2, -0.15) is 4.99 Å². The second-order valence-corrected chi connectivity index (χ2v) is 2.73. The number of alkyl halides is 1. The minimum atomic E-state index is 0.719. The molecule has 0 amide bonds. The van der Waals surface area contributed by atoms with Crippen LogP contribution in [0.25, 0.3) is 0 Å². The normalized spacial score (nSPS) is 8.82. The highest BCUT2D eigenvalue weighted by Crippen LogP contribution is 2.20. The first kappa shape index (κ1) is 8.43. The fraction of sp³-hybridized carbons (Fsp3) is 0.125. The number of aliphatic imine (C=N–C) groups is 1. The number of hydrogen-bond donors (Lipinski definition) is 0. The predicted molar refractivity (Wildman–Crippen MR) is 51.9 cm³/mol. The summed E-state index contributed by atoms with van der Waals surface area (Å²) in [4.78, 5) is 13.5. The molecule has 0 radical (unpaired) electrons. The van der Waals surface area contributed by atoms with Crippen LogP contribution in [-0.4, -0.2) is 6.08 Å². The summed E-state index contributed by atoms with van der Waals surface area (Å²) in [5, 5.41) is 0. The van der Waals surface area contributed by atoms with Crippen molar-refractivity contribution in [2.75, 3.05) is 0 Å². The van der Waals surface area contributed by atoms with Crippen LogP contribution >= 0.6 is 22.6 Å². The Bertz CT molecular complexity index is 292. The second kappa shape index (κ2) is 4.26. The molecular formula is C8H6INO. The third-order valence-electron chi connectivity index (χ3n) is 1.30. The topological polar surface area (TPSA) is 29.4 Å². The first-order valence-corrected chi connectivity index (χ1v) is 4.63. The summed E-state index contributed by atoms with van der Waals surface area (Å²) in [6, 6.07) is 7.53. The van der Waals surface area contributed by atoms with Gasteiger partial charge >= 0.3 is 0 Å². The van der Waals surface area contributed by atoms with Crippen LogP contribution < -0.4 is 0 Å². The van der Waals surface area contributed by atoms with Gasteiger partial charge in [0.2, 0.25) is 6.08 Å². The Morgan fingerprint density at radius 3 is 2.82 bits per heavy atom. The van der Waals surface area contributed by atoms with E-state index in [2.05, 4.69) is 27.6 Å². The van der Waals surface area contributed by atoms with Crippen molar-refractivity contribution in [1.82, 2.24) is 0 Å². The van der Waals surface area contributed by atoms with Crippen molar-refractivity contribution in [2.24, 2.45) is 4.99 Å². The van der Waals surface area contributed by atoms with E-state index < -0.39 is 0 Å². The van der Waals surface area contributed by atoms with Gasteiger partial charge in [0.25, 0.3) is 0 Å². The van der Waals surface area contributed by atoms with Crippen molar-refractivity contribution >= 4 is 34.4 Å². The minimum Gasteiger partial charge on any atom is -0.211 e. The number of isocyanates is 1. The SMILES string of the molecule is O=C=Nc1ccccc1CI. The van der Waals surface area contributed by atoms with Crippen molar-refractivity contribution in [2.45, 2.75) is 4.43 Å². The summed E-state index contributed by atoms with van der Waals surface area (Å²) in [6.07, 6.45) is 1.53. The van der Waals surface area contributed by atoms with Gasteiger partial charge in [0.15, 0.2) is 0 Å². The van der Waals surface area contributed by atoms with E-state index in [1.807, 2.05) is 18.2 Å². The Balaban J connectivity index is 3.11. The highest BCUT2D eigenvalue weighted by molar-refractivity contribution is 14.1. The molecular weight excluding hydrogens is 253 g/mol. The minimum absolute atomic E-state index is 0.719. The molecule has 0 spiro atoms. The molecule has 2 nitrogen and oxygen atoms in total. The van der Waals surface area contributed by atoms with Gasteiger partial charge in [0.1, 0.15) is 0 Å². The molecule has 0 aliphatic carbocycles.